The summed E-state index contributed by atoms with van der Waals surface area (Å²) in [6.07, 6.45) is 2.06. The Balaban J connectivity index is 1.82. The topological polar surface area (TPSA) is 38.3 Å². The number of fused-ring (bicyclic) bond motifs is 1. The fourth-order valence-electron chi connectivity index (χ4n) is 6.27. The zero-order chi connectivity index (χ0) is 17.9. The molecule has 4 aliphatic rings. The van der Waals surface area contributed by atoms with E-state index in [0.29, 0.717) is 6.54 Å². The molecular weight excluding hydrogens is 346 g/mol. The van der Waals surface area contributed by atoms with Crippen LogP contribution in [0.3, 0.4) is 0 Å². The van der Waals surface area contributed by atoms with Crippen molar-refractivity contribution in [1.29, 1.82) is 0 Å². The third kappa shape index (κ3) is 1.80. The zero-order valence-electron chi connectivity index (χ0n) is 14.8. The molecule has 1 saturated heterocycles. The average molecular weight is 368 g/mol. The van der Waals surface area contributed by atoms with Crippen LogP contribution in [-0.2, 0) is 14.9 Å². The summed E-state index contributed by atoms with van der Waals surface area (Å²) in [5.74, 6) is 0.350. The first-order valence-corrected chi connectivity index (χ1v) is 9.67. The molecule has 0 amide bonds. The maximum absolute atomic E-state index is 13.1. The maximum Gasteiger partial charge on any atom is 0.314 e. The van der Waals surface area contributed by atoms with Gasteiger partial charge in [0.25, 0.3) is 0 Å². The minimum Gasteiger partial charge on any atom is -0.469 e. The number of nitrogens with one attached hydrogen (secondary N) is 1. The van der Waals surface area contributed by atoms with Crippen molar-refractivity contribution >= 4 is 17.6 Å². The summed E-state index contributed by atoms with van der Waals surface area (Å²) in [6.45, 7) is 1.53. The number of benzene rings is 2. The first-order valence-electron chi connectivity index (χ1n) is 9.29. The molecular formula is C22H22ClNO2. The van der Waals surface area contributed by atoms with Crippen LogP contribution in [0.1, 0.15) is 35.4 Å². The van der Waals surface area contributed by atoms with Crippen molar-refractivity contribution in [3.8, 4) is 0 Å². The van der Waals surface area contributed by atoms with Crippen molar-refractivity contribution in [1.82, 2.24) is 5.32 Å². The summed E-state index contributed by atoms with van der Waals surface area (Å²) in [5.41, 5.74) is 3.30. The van der Waals surface area contributed by atoms with Crippen LogP contribution >= 0.6 is 11.6 Å². The van der Waals surface area contributed by atoms with Crippen molar-refractivity contribution in [3.05, 3.63) is 70.2 Å². The summed E-state index contributed by atoms with van der Waals surface area (Å²) in [5, 5.41) is 4.28. The molecule has 0 aromatic heterocycles. The third-order valence-electron chi connectivity index (χ3n) is 7.17. The fourth-order valence-corrected chi connectivity index (χ4v) is 6.40. The highest BCUT2D eigenvalue weighted by atomic mass is 35.5. The second-order valence-electron chi connectivity index (χ2n) is 7.87. The number of ether oxygens (including phenoxy) is 1. The second-order valence-corrected chi connectivity index (χ2v) is 8.31. The molecule has 2 fully saturated rings. The normalized spacial score (nSPS) is 34.2. The Morgan fingerprint density at radius 1 is 1.19 bits per heavy atom. The van der Waals surface area contributed by atoms with Gasteiger partial charge < -0.3 is 10.1 Å². The molecule has 134 valence electrons. The van der Waals surface area contributed by atoms with E-state index in [1.165, 1.54) is 23.8 Å². The number of hydrogen-bond donors (Lipinski definition) is 1. The van der Waals surface area contributed by atoms with Crippen LogP contribution < -0.4 is 5.32 Å². The average Bonchev–Trinajstić information content (AvgIpc) is 3.16. The molecule has 4 heteroatoms. The smallest absolute Gasteiger partial charge is 0.314 e. The lowest BCUT2D eigenvalue weighted by Gasteiger charge is -2.59. The Kier molecular flexibility index (Phi) is 3.51. The van der Waals surface area contributed by atoms with E-state index in [1.807, 2.05) is 12.1 Å². The molecule has 4 unspecified atom stereocenters. The van der Waals surface area contributed by atoms with E-state index >= 15 is 0 Å². The molecule has 2 aromatic carbocycles. The molecule has 6 rings (SSSR count). The van der Waals surface area contributed by atoms with Gasteiger partial charge in [0.05, 0.1) is 12.5 Å². The van der Waals surface area contributed by atoms with Gasteiger partial charge in [-0.25, -0.2) is 0 Å². The zero-order valence-corrected chi connectivity index (χ0v) is 15.6. The van der Waals surface area contributed by atoms with Crippen molar-refractivity contribution in [3.63, 3.8) is 0 Å². The van der Waals surface area contributed by atoms with Gasteiger partial charge in [0.2, 0.25) is 0 Å². The van der Waals surface area contributed by atoms with Gasteiger partial charge in [-0.1, -0.05) is 48.0 Å². The van der Waals surface area contributed by atoms with Crippen LogP contribution in [0.4, 0.5) is 0 Å². The van der Waals surface area contributed by atoms with E-state index in [-0.39, 0.29) is 23.2 Å². The van der Waals surface area contributed by atoms with Crippen molar-refractivity contribution < 1.29 is 9.53 Å². The number of methoxy groups -OCH3 is 1. The van der Waals surface area contributed by atoms with E-state index in [4.69, 9.17) is 16.3 Å². The number of halogens is 1. The van der Waals surface area contributed by atoms with Crippen molar-refractivity contribution in [2.75, 3.05) is 20.2 Å². The second kappa shape index (κ2) is 5.58. The minimum atomic E-state index is -0.485. The van der Waals surface area contributed by atoms with Gasteiger partial charge in [0, 0.05) is 35.4 Å². The number of carbonyl (C=O) groups is 1. The van der Waals surface area contributed by atoms with Crippen LogP contribution in [0.5, 0.6) is 0 Å². The van der Waals surface area contributed by atoms with Crippen LogP contribution in [-0.4, -0.2) is 26.2 Å². The van der Waals surface area contributed by atoms with Crippen LogP contribution in [0.25, 0.3) is 0 Å². The quantitative estimate of drug-likeness (QED) is 0.818. The van der Waals surface area contributed by atoms with Gasteiger partial charge in [0.1, 0.15) is 0 Å². The Labute approximate surface area is 158 Å². The Morgan fingerprint density at radius 3 is 2.73 bits per heavy atom. The van der Waals surface area contributed by atoms with Gasteiger partial charge in [-0.3, -0.25) is 4.79 Å². The van der Waals surface area contributed by atoms with E-state index in [0.717, 1.165) is 24.4 Å². The maximum atomic E-state index is 13.1. The van der Waals surface area contributed by atoms with Crippen molar-refractivity contribution in [2.45, 2.75) is 24.2 Å². The van der Waals surface area contributed by atoms with Gasteiger partial charge in [-0.05, 0) is 41.7 Å². The van der Waals surface area contributed by atoms with E-state index in [1.54, 1.807) is 0 Å². The number of hydrogen-bond acceptors (Lipinski definition) is 3. The SMILES string of the molecule is COC(=O)C12CNCC1C1(c3ccc(Cl)cc3)CCC2c2ccccc21. The molecule has 2 bridgehead atoms. The molecule has 3 nitrogen and oxygen atoms in total. The lowest BCUT2D eigenvalue weighted by molar-refractivity contribution is -0.161. The molecule has 2 aromatic rings. The Hall–Kier alpha value is -1.84. The van der Waals surface area contributed by atoms with Gasteiger partial charge >= 0.3 is 5.97 Å². The molecule has 26 heavy (non-hydrogen) atoms. The van der Waals surface area contributed by atoms with E-state index in [9.17, 15) is 4.79 Å². The number of rotatable bonds is 2. The predicted molar refractivity (Wildman–Crippen MR) is 101 cm³/mol. The molecule has 4 atom stereocenters. The molecule has 0 spiro atoms. The summed E-state index contributed by atoms with van der Waals surface area (Å²) < 4.78 is 5.36. The number of esters is 1. The lowest BCUT2D eigenvalue weighted by Crippen LogP contribution is -2.60. The molecule has 1 aliphatic heterocycles. The summed E-state index contributed by atoms with van der Waals surface area (Å²) in [7, 11) is 1.52. The minimum absolute atomic E-state index is 0.0648. The van der Waals surface area contributed by atoms with Crippen LogP contribution in [0, 0.1) is 11.3 Å². The highest BCUT2D eigenvalue weighted by Crippen LogP contribution is 2.67. The standard InChI is InChI=1S/C22H22ClNO2/c1-26-20(25)22-13-24-12-19(22)21(14-6-8-15(23)9-7-14)11-10-18(22)16-4-2-3-5-17(16)21/h2-9,18-19,24H,10-13H2,1H3. The van der Waals surface area contributed by atoms with Crippen LogP contribution in [0.15, 0.2) is 48.5 Å². The lowest BCUT2D eigenvalue weighted by atomic mass is 9.42. The summed E-state index contributed by atoms with van der Waals surface area (Å²) in [4.78, 5) is 13.1. The third-order valence-corrected chi connectivity index (χ3v) is 7.43. The Morgan fingerprint density at radius 2 is 1.96 bits per heavy atom. The first-order chi connectivity index (χ1) is 12.6. The van der Waals surface area contributed by atoms with Gasteiger partial charge in [-0.2, -0.15) is 0 Å². The number of carbonyl (C=O) groups excluding carboxylic acids is 1. The van der Waals surface area contributed by atoms with Gasteiger partial charge in [0.15, 0.2) is 0 Å². The van der Waals surface area contributed by atoms with Crippen LogP contribution in [0.2, 0.25) is 5.02 Å². The first kappa shape index (κ1) is 16.3. The fraction of sp³-hybridized carbons (Fsp3) is 0.409. The predicted octanol–water partition coefficient (Wildman–Crippen LogP) is 3.90. The highest BCUT2D eigenvalue weighted by molar-refractivity contribution is 6.30. The largest absolute Gasteiger partial charge is 0.469 e. The molecule has 1 N–H and O–H groups in total. The van der Waals surface area contributed by atoms with Gasteiger partial charge in [-0.15, -0.1) is 0 Å². The highest BCUT2D eigenvalue weighted by Gasteiger charge is 2.69. The molecule has 0 radical (unpaired) electrons. The molecule has 1 saturated carbocycles. The summed E-state index contributed by atoms with van der Waals surface area (Å²) >= 11 is 6.17. The molecule has 1 heterocycles. The van der Waals surface area contributed by atoms with E-state index < -0.39 is 5.41 Å². The monoisotopic (exact) mass is 367 g/mol. The Bertz CT molecular complexity index is 880. The van der Waals surface area contributed by atoms with Crippen molar-refractivity contribution in [2.24, 2.45) is 11.3 Å². The summed E-state index contributed by atoms with van der Waals surface area (Å²) in [6, 6.07) is 16.9. The molecule has 3 aliphatic carbocycles. The van der Waals surface area contributed by atoms with E-state index in [2.05, 4.69) is 41.7 Å².